The number of aromatic nitrogens is 1. The molecule has 2 aromatic rings. The quantitative estimate of drug-likeness (QED) is 0.920. The van der Waals surface area contributed by atoms with E-state index in [0.717, 1.165) is 51.6 Å². The van der Waals surface area contributed by atoms with Gasteiger partial charge in [-0.3, -0.25) is 14.6 Å². The topological polar surface area (TPSA) is 48.6 Å². The van der Waals surface area contributed by atoms with Crippen LogP contribution >= 0.6 is 0 Å². The van der Waals surface area contributed by atoms with Crippen LogP contribution < -0.4 is 5.43 Å². The number of fused-ring (bicyclic) bond motifs is 1. The largest absolute Gasteiger partial charge is 0.377 e. The number of halogens is 1. The Morgan fingerprint density at radius 1 is 1.16 bits per heavy atom. The molecule has 1 N–H and O–H groups in total. The number of benzene rings is 1. The number of rotatable bonds is 4. The third-order valence-corrected chi connectivity index (χ3v) is 5.19. The van der Waals surface area contributed by atoms with Crippen molar-refractivity contribution in [2.24, 2.45) is 0 Å². The molecular formula is C19H24FN3O2. The van der Waals surface area contributed by atoms with Crippen molar-refractivity contribution in [2.75, 3.05) is 39.3 Å². The molecular weight excluding hydrogens is 321 g/mol. The predicted molar refractivity (Wildman–Crippen MR) is 95.2 cm³/mol. The Hall–Kier alpha value is -1.76. The second kappa shape index (κ2) is 7.23. The van der Waals surface area contributed by atoms with E-state index >= 15 is 0 Å². The molecule has 1 aromatic heterocycles. The van der Waals surface area contributed by atoms with Crippen molar-refractivity contribution in [1.82, 2.24) is 14.8 Å². The number of H-pyrrole nitrogens is 1. The Morgan fingerprint density at radius 2 is 1.96 bits per heavy atom. The summed E-state index contributed by atoms with van der Waals surface area (Å²) in [5.41, 5.74) is 1.46. The van der Waals surface area contributed by atoms with Gasteiger partial charge in [-0.05, 0) is 31.0 Å². The van der Waals surface area contributed by atoms with Crippen LogP contribution in [0.25, 0.3) is 10.9 Å². The molecule has 3 heterocycles. The molecule has 2 aliphatic heterocycles. The zero-order valence-electron chi connectivity index (χ0n) is 14.3. The first kappa shape index (κ1) is 16.7. The third-order valence-electron chi connectivity index (χ3n) is 5.19. The summed E-state index contributed by atoms with van der Waals surface area (Å²) in [5, 5.41) is 0.408. The molecule has 4 rings (SSSR count). The molecule has 2 aliphatic rings. The van der Waals surface area contributed by atoms with Crippen molar-refractivity contribution in [2.45, 2.75) is 25.5 Å². The SMILES string of the molecule is O=c1cc(CN2CCN(C[C@H]3CCCO3)CC2)[nH]c2ccc(F)cc12. The van der Waals surface area contributed by atoms with Gasteiger partial charge >= 0.3 is 0 Å². The van der Waals surface area contributed by atoms with E-state index in [4.69, 9.17) is 4.74 Å². The van der Waals surface area contributed by atoms with Crippen molar-refractivity contribution < 1.29 is 9.13 Å². The van der Waals surface area contributed by atoms with Crippen LogP contribution in [-0.2, 0) is 11.3 Å². The summed E-state index contributed by atoms with van der Waals surface area (Å²) in [6, 6.07) is 5.91. The highest BCUT2D eigenvalue weighted by Crippen LogP contribution is 2.16. The van der Waals surface area contributed by atoms with Gasteiger partial charge in [0, 0.05) is 68.5 Å². The first-order valence-electron chi connectivity index (χ1n) is 9.05. The van der Waals surface area contributed by atoms with E-state index in [9.17, 15) is 9.18 Å². The van der Waals surface area contributed by atoms with E-state index in [1.165, 1.54) is 25.0 Å². The maximum absolute atomic E-state index is 13.3. The molecule has 5 nitrogen and oxygen atoms in total. The summed E-state index contributed by atoms with van der Waals surface area (Å²) in [5.74, 6) is -0.381. The van der Waals surface area contributed by atoms with Crippen molar-refractivity contribution in [3.63, 3.8) is 0 Å². The van der Waals surface area contributed by atoms with E-state index in [-0.39, 0.29) is 11.2 Å². The van der Waals surface area contributed by atoms with E-state index in [1.54, 1.807) is 12.1 Å². The normalized spacial score (nSPS) is 22.7. The van der Waals surface area contributed by atoms with Gasteiger partial charge < -0.3 is 9.72 Å². The van der Waals surface area contributed by atoms with Gasteiger partial charge in [0.2, 0.25) is 0 Å². The standard InChI is InChI=1S/C19H24FN3O2/c20-14-3-4-18-17(10-14)19(24)11-15(21-18)12-22-5-7-23(8-6-22)13-16-2-1-9-25-16/h3-4,10-11,16H,1-2,5-9,12-13H2,(H,21,24)/t16-/m1/s1. The molecule has 2 saturated heterocycles. The van der Waals surface area contributed by atoms with Crippen molar-refractivity contribution in [1.29, 1.82) is 0 Å². The van der Waals surface area contributed by atoms with Crippen LogP contribution in [0.2, 0.25) is 0 Å². The lowest BCUT2D eigenvalue weighted by atomic mass is 10.1. The lowest BCUT2D eigenvalue weighted by molar-refractivity contribution is 0.0487. The monoisotopic (exact) mass is 345 g/mol. The first-order valence-corrected chi connectivity index (χ1v) is 9.05. The summed E-state index contributed by atoms with van der Waals surface area (Å²) in [6.07, 6.45) is 2.77. The molecule has 0 bridgehead atoms. The van der Waals surface area contributed by atoms with E-state index in [0.29, 0.717) is 17.0 Å². The number of hydrogen-bond acceptors (Lipinski definition) is 4. The van der Waals surface area contributed by atoms with Crippen LogP contribution in [0, 0.1) is 5.82 Å². The molecule has 1 aromatic carbocycles. The van der Waals surface area contributed by atoms with Gasteiger partial charge in [0.15, 0.2) is 5.43 Å². The van der Waals surface area contributed by atoms with Gasteiger partial charge in [-0.1, -0.05) is 0 Å². The summed E-state index contributed by atoms with van der Waals surface area (Å²) >= 11 is 0. The van der Waals surface area contributed by atoms with Gasteiger partial charge in [-0.2, -0.15) is 0 Å². The lowest BCUT2D eigenvalue weighted by Gasteiger charge is -2.35. The molecule has 0 aliphatic carbocycles. The Labute approximate surface area is 146 Å². The Bertz CT molecular complexity index is 793. The van der Waals surface area contributed by atoms with Crippen molar-refractivity contribution >= 4 is 10.9 Å². The number of hydrogen-bond donors (Lipinski definition) is 1. The molecule has 0 radical (unpaired) electrons. The van der Waals surface area contributed by atoms with Crippen molar-refractivity contribution in [3.8, 4) is 0 Å². The van der Waals surface area contributed by atoms with Crippen LogP contribution in [0.15, 0.2) is 29.1 Å². The Balaban J connectivity index is 1.37. The highest BCUT2D eigenvalue weighted by atomic mass is 19.1. The van der Waals surface area contributed by atoms with Crippen LogP contribution in [0.1, 0.15) is 18.5 Å². The van der Waals surface area contributed by atoms with Gasteiger partial charge in [0.1, 0.15) is 5.82 Å². The third kappa shape index (κ3) is 3.92. The average Bonchev–Trinajstić information content (AvgIpc) is 3.10. The molecule has 2 fully saturated rings. The molecule has 0 amide bonds. The average molecular weight is 345 g/mol. The molecule has 1 atom stereocenters. The second-order valence-corrected chi connectivity index (χ2v) is 7.06. The molecule has 6 heteroatoms. The summed E-state index contributed by atoms with van der Waals surface area (Å²) in [6.45, 7) is 6.69. The Kier molecular flexibility index (Phi) is 4.83. The zero-order valence-corrected chi connectivity index (χ0v) is 14.3. The first-order chi connectivity index (χ1) is 12.2. The maximum atomic E-state index is 13.3. The minimum Gasteiger partial charge on any atom is -0.377 e. The van der Waals surface area contributed by atoms with Crippen LogP contribution in [0.5, 0.6) is 0 Å². The number of aromatic amines is 1. The number of piperazine rings is 1. The van der Waals surface area contributed by atoms with Crippen LogP contribution in [0.4, 0.5) is 4.39 Å². The summed E-state index contributed by atoms with van der Waals surface area (Å²) < 4.78 is 19.0. The molecule has 0 unspecified atom stereocenters. The van der Waals surface area contributed by atoms with E-state index < -0.39 is 0 Å². The minimum atomic E-state index is -0.381. The fraction of sp³-hybridized carbons (Fsp3) is 0.526. The molecule has 0 spiro atoms. The second-order valence-electron chi connectivity index (χ2n) is 7.06. The fourth-order valence-electron chi connectivity index (χ4n) is 3.81. The van der Waals surface area contributed by atoms with Crippen LogP contribution in [0.3, 0.4) is 0 Å². The number of ether oxygens (including phenoxy) is 1. The van der Waals surface area contributed by atoms with Gasteiger partial charge in [0.25, 0.3) is 0 Å². The van der Waals surface area contributed by atoms with E-state index in [1.807, 2.05) is 0 Å². The van der Waals surface area contributed by atoms with Crippen LogP contribution in [-0.4, -0.2) is 60.2 Å². The Morgan fingerprint density at radius 3 is 2.72 bits per heavy atom. The number of nitrogens with one attached hydrogen (secondary N) is 1. The highest BCUT2D eigenvalue weighted by Gasteiger charge is 2.23. The molecule has 0 saturated carbocycles. The number of nitrogens with zero attached hydrogens (tertiary/aromatic N) is 2. The summed E-state index contributed by atoms with van der Waals surface area (Å²) in [4.78, 5) is 20.3. The van der Waals surface area contributed by atoms with E-state index in [2.05, 4.69) is 14.8 Å². The zero-order chi connectivity index (χ0) is 17.2. The lowest BCUT2D eigenvalue weighted by Crippen LogP contribution is -2.48. The van der Waals surface area contributed by atoms with Crippen molar-refractivity contribution in [3.05, 3.63) is 46.0 Å². The van der Waals surface area contributed by atoms with Gasteiger partial charge in [0.05, 0.1) is 6.10 Å². The predicted octanol–water partition coefficient (Wildman–Crippen LogP) is 1.96. The number of pyridine rings is 1. The smallest absolute Gasteiger partial charge is 0.189 e. The van der Waals surface area contributed by atoms with Gasteiger partial charge in [-0.25, -0.2) is 4.39 Å². The maximum Gasteiger partial charge on any atom is 0.189 e. The molecule has 25 heavy (non-hydrogen) atoms. The molecule has 134 valence electrons. The minimum absolute atomic E-state index is 0.125. The summed E-state index contributed by atoms with van der Waals surface area (Å²) in [7, 11) is 0. The highest BCUT2D eigenvalue weighted by molar-refractivity contribution is 5.78. The van der Waals surface area contributed by atoms with Gasteiger partial charge in [-0.15, -0.1) is 0 Å². The fourth-order valence-corrected chi connectivity index (χ4v) is 3.81.